The highest BCUT2D eigenvalue weighted by atomic mass is 16.2. The molecule has 22 heavy (non-hydrogen) atoms. The first-order chi connectivity index (χ1) is 10.6. The van der Waals surface area contributed by atoms with Gasteiger partial charge in [0, 0.05) is 31.7 Å². The van der Waals surface area contributed by atoms with E-state index in [1.165, 1.54) is 38.5 Å². The Labute approximate surface area is 134 Å². The molecule has 4 aliphatic carbocycles. The summed E-state index contributed by atoms with van der Waals surface area (Å²) in [5.41, 5.74) is 0.178. The lowest BCUT2D eigenvalue weighted by Gasteiger charge is -2.57. The maximum absolute atomic E-state index is 12.6. The molecule has 4 bridgehead atoms. The number of amides is 1. The van der Waals surface area contributed by atoms with E-state index < -0.39 is 0 Å². The third-order valence-electron chi connectivity index (χ3n) is 6.72. The lowest BCUT2D eigenvalue weighted by molar-refractivity contribution is -0.128. The summed E-state index contributed by atoms with van der Waals surface area (Å²) in [5, 5.41) is 3.50. The van der Waals surface area contributed by atoms with Gasteiger partial charge in [0.1, 0.15) is 0 Å². The molecular formula is C18H31N3O. The first-order valence-electron chi connectivity index (χ1n) is 9.40. The molecule has 4 nitrogen and oxygen atoms in total. The minimum atomic E-state index is 0.178. The molecule has 1 amide bonds. The summed E-state index contributed by atoms with van der Waals surface area (Å²) < 4.78 is 0. The number of rotatable bonds is 4. The molecule has 0 aromatic carbocycles. The van der Waals surface area contributed by atoms with E-state index >= 15 is 0 Å². The van der Waals surface area contributed by atoms with Crippen LogP contribution in [0.5, 0.6) is 0 Å². The van der Waals surface area contributed by atoms with Crippen molar-refractivity contribution >= 4 is 5.91 Å². The van der Waals surface area contributed by atoms with E-state index in [4.69, 9.17) is 0 Å². The van der Waals surface area contributed by atoms with Crippen molar-refractivity contribution < 1.29 is 4.79 Å². The van der Waals surface area contributed by atoms with Crippen molar-refractivity contribution in [1.82, 2.24) is 15.1 Å². The first kappa shape index (κ1) is 14.9. The van der Waals surface area contributed by atoms with Crippen LogP contribution >= 0.6 is 0 Å². The minimum absolute atomic E-state index is 0.178. The Hall–Kier alpha value is -0.610. The maximum atomic E-state index is 12.6. The van der Waals surface area contributed by atoms with Crippen LogP contribution < -0.4 is 5.32 Å². The molecule has 4 saturated carbocycles. The molecule has 1 heterocycles. The zero-order valence-electron chi connectivity index (χ0n) is 14.0. The van der Waals surface area contributed by atoms with Crippen molar-refractivity contribution in [2.75, 3.05) is 39.3 Å². The SMILES string of the molecule is CCN1CCN(CC(=O)NC23CC4CC(CC(C4)C2)C3)CC1. The van der Waals surface area contributed by atoms with Crippen molar-refractivity contribution in [3.63, 3.8) is 0 Å². The molecule has 0 aromatic rings. The molecule has 4 heteroatoms. The van der Waals surface area contributed by atoms with Crippen LogP contribution in [0.2, 0.25) is 0 Å². The van der Waals surface area contributed by atoms with Gasteiger partial charge in [-0.05, 0) is 62.8 Å². The zero-order chi connectivity index (χ0) is 15.2. The Morgan fingerprint density at radius 2 is 1.45 bits per heavy atom. The molecule has 0 spiro atoms. The van der Waals surface area contributed by atoms with Crippen LogP contribution in [0.25, 0.3) is 0 Å². The third-order valence-corrected chi connectivity index (χ3v) is 6.72. The van der Waals surface area contributed by atoms with Gasteiger partial charge >= 0.3 is 0 Å². The van der Waals surface area contributed by atoms with Gasteiger partial charge < -0.3 is 10.2 Å². The molecule has 5 rings (SSSR count). The summed E-state index contributed by atoms with van der Waals surface area (Å²) >= 11 is 0. The number of nitrogens with zero attached hydrogens (tertiary/aromatic N) is 2. The molecule has 1 N–H and O–H groups in total. The van der Waals surface area contributed by atoms with Gasteiger partial charge in [-0.2, -0.15) is 0 Å². The molecule has 0 radical (unpaired) electrons. The average molecular weight is 305 g/mol. The Morgan fingerprint density at radius 3 is 1.95 bits per heavy atom. The Kier molecular flexibility index (Phi) is 3.93. The number of hydrogen-bond acceptors (Lipinski definition) is 3. The third kappa shape index (κ3) is 2.92. The quantitative estimate of drug-likeness (QED) is 0.859. The van der Waals surface area contributed by atoms with Crippen molar-refractivity contribution in [3.8, 4) is 0 Å². The lowest BCUT2D eigenvalue weighted by atomic mass is 9.53. The molecule has 0 atom stereocenters. The van der Waals surface area contributed by atoms with Crippen LogP contribution in [0.1, 0.15) is 45.4 Å². The monoisotopic (exact) mass is 305 g/mol. The highest BCUT2D eigenvalue weighted by Crippen LogP contribution is 2.55. The predicted octanol–water partition coefficient (Wildman–Crippen LogP) is 1.71. The predicted molar refractivity (Wildman–Crippen MR) is 87.6 cm³/mol. The number of hydrogen-bond donors (Lipinski definition) is 1. The van der Waals surface area contributed by atoms with E-state index in [1.54, 1.807) is 0 Å². The molecular weight excluding hydrogens is 274 g/mol. The summed E-state index contributed by atoms with van der Waals surface area (Å²) in [7, 11) is 0. The molecule has 124 valence electrons. The number of carbonyl (C=O) groups is 1. The summed E-state index contributed by atoms with van der Waals surface area (Å²) in [5.74, 6) is 2.99. The van der Waals surface area contributed by atoms with E-state index in [0.29, 0.717) is 6.54 Å². The smallest absolute Gasteiger partial charge is 0.234 e. The van der Waals surface area contributed by atoms with Crippen molar-refractivity contribution in [2.24, 2.45) is 17.8 Å². The fourth-order valence-electron chi connectivity index (χ4n) is 6.07. The van der Waals surface area contributed by atoms with Crippen LogP contribution in [0.15, 0.2) is 0 Å². The Balaban J connectivity index is 1.31. The zero-order valence-corrected chi connectivity index (χ0v) is 14.0. The van der Waals surface area contributed by atoms with Gasteiger partial charge in [0.25, 0.3) is 0 Å². The van der Waals surface area contributed by atoms with Gasteiger partial charge in [0.15, 0.2) is 0 Å². The summed E-state index contributed by atoms with van der Waals surface area (Å²) in [6, 6.07) is 0. The van der Waals surface area contributed by atoms with E-state index in [1.807, 2.05) is 0 Å². The largest absolute Gasteiger partial charge is 0.350 e. The molecule has 1 aliphatic heterocycles. The topological polar surface area (TPSA) is 35.6 Å². The van der Waals surface area contributed by atoms with Gasteiger partial charge in [0.05, 0.1) is 6.54 Å². The number of nitrogens with one attached hydrogen (secondary N) is 1. The van der Waals surface area contributed by atoms with Gasteiger partial charge in [-0.15, -0.1) is 0 Å². The van der Waals surface area contributed by atoms with Crippen molar-refractivity contribution in [3.05, 3.63) is 0 Å². The van der Waals surface area contributed by atoms with Gasteiger partial charge in [0.2, 0.25) is 5.91 Å². The van der Waals surface area contributed by atoms with Gasteiger partial charge in [-0.25, -0.2) is 0 Å². The van der Waals surface area contributed by atoms with E-state index in [2.05, 4.69) is 22.0 Å². The van der Waals surface area contributed by atoms with Crippen LogP contribution in [-0.2, 0) is 4.79 Å². The molecule has 0 aromatic heterocycles. The molecule has 5 fully saturated rings. The van der Waals surface area contributed by atoms with Gasteiger partial charge in [-0.1, -0.05) is 6.92 Å². The second-order valence-corrected chi connectivity index (χ2v) is 8.46. The highest BCUT2D eigenvalue weighted by Gasteiger charge is 2.51. The summed E-state index contributed by atoms with van der Waals surface area (Å²) in [4.78, 5) is 17.4. The number of likely N-dealkylation sites (N-methyl/N-ethyl adjacent to an activating group) is 1. The van der Waals surface area contributed by atoms with Crippen LogP contribution in [0.4, 0.5) is 0 Å². The fraction of sp³-hybridized carbons (Fsp3) is 0.944. The van der Waals surface area contributed by atoms with Crippen LogP contribution in [0, 0.1) is 17.8 Å². The maximum Gasteiger partial charge on any atom is 0.234 e. The molecule has 1 saturated heterocycles. The van der Waals surface area contributed by atoms with Crippen LogP contribution in [0.3, 0.4) is 0 Å². The minimum Gasteiger partial charge on any atom is -0.350 e. The lowest BCUT2D eigenvalue weighted by Crippen LogP contribution is -2.61. The highest BCUT2D eigenvalue weighted by molar-refractivity contribution is 5.79. The van der Waals surface area contributed by atoms with E-state index in [-0.39, 0.29) is 11.4 Å². The van der Waals surface area contributed by atoms with E-state index in [0.717, 1.165) is 50.5 Å². The standard InChI is InChI=1S/C18H31N3O/c1-2-20-3-5-21(6-4-20)13-17(22)19-18-10-14-7-15(11-18)9-16(8-14)12-18/h14-16H,2-13H2,1H3,(H,19,22). The normalized spacial score (nSPS) is 41.8. The van der Waals surface area contributed by atoms with Crippen LogP contribution in [-0.4, -0.2) is 60.5 Å². The van der Waals surface area contributed by atoms with Gasteiger partial charge in [-0.3, -0.25) is 9.69 Å². The Bertz CT molecular complexity index is 393. The summed E-state index contributed by atoms with van der Waals surface area (Å²) in [6.45, 7) is 8.27. The first-order valence-corrected chi connectivity index (χ1v) is 9.40. The van der Waals surface area contributed by atoms with E-state index in [9.17, 15) is 4.79 Å². The van der Waals surface area contributed by atoms with Crippen molar-refractivity contribution in [2.45, 2.75) is 51.0 Å². The fourth-order valence-corrected chi connectivity index (χ4v) is 6.07. The number of carbonyl (C=O) groups excluding carboxylic acids is 1. The van der Waals surface area contributed by atoms with Crippen molar-refractivity contribution in [1.29, 1.82) is 0 Å². The molecule has 5 aliphatic rings. The number of piperazine rings is 1. The summed E-state index contributed by atoms with van der Waals surface area (Å²) in [6.07, 6.45) is 8.09. The second kappa shape index (κ2) is 5.79. The molecule has 0 unspecified atom stereocenters. The average Bonchev–Trinajstić information content (AvgIpc) is 2.45. The second-order valence-electron chi connectivity index (χ2n) is 8.46. The Morgan fingerprint density at radius 1 is 0.955 bits per heavy atom.